The minimum Gasteiger partial charge on any atom is -0.478 e. The topological polar surface area (TPSA) is 52.6 Å². The molecule has 0 radical (unpaired) electrons. The monoisotopic (exact) mass is 228 g/mol. The van der Waals surface area contributed by atoms with Gasteiger partial charge in [0.25, 0.3) is 0 Å². The molecular weight excluding hydrogens is 204 g/mol. The molecule has 0 aromatic rings. The number of hydrogen-bond acceptors (Lipinski definition) is 3. The average Bonchev–Trinajstić information content (AvgIpc) is 2.21. The van der Waals surface area contributed by atoms with Gasteiger partial charge < -0.3 is 15.3 Å². The highest BCUT2D eigenvalue weighted by Crippen LogP contribution is 1.94. The maximum absolute atomic E-state index is 10.5. The molecule has 2 N–H and O–H groups in total. The molecule has 16 heavy (non-hydrogen) atoms. The Morgan fingerprint density at radius 3 is 2.62 bits per heavy atom. The van der Waals surface area contributed by atoms with Crippen molar-refractivity contribution in [1.82, 2.24) is 10.2 Å². The molecule has 0 unspecified atom stereocenters. The number of carboxylic acid groups (broad SMARTS) is 1. The van der Waals surface area contributed by atoms with Gasteiger partial charge in [0, 0.05) is 18.2 Å². The van der Waals surface area contributed by atoms with Crippen LogP contribution < -0.4 is 5.32 Å². The summed E-state index contributed by atoms with van der Waals surface area (Å²) in [6, 6.07) is 0.578. The highest BCUT2D eigenvalue weighted by Gasteiger charge is 2.01. The third kappa shape index (κ3) is 7.43. The van der Waals surface area contributed by atoms with Crippen LogP contribution in [0.4, 0.5) is 0 Å². The van der Waals surface area contributed by atoms with Crippen LogP contribution in [0.3, 0.4) is 0 Å². The number of carbonyl (C=O) groups is 1. The molecule has 0 atom stereocenters. The maximum atomic E-state index is 10.5. The Morgan fingerprint density at radius 1 is 1.50 bits per heavy atom. The van der Waals surface area contributed by atoms with Crippen molar-refractivity contribution in [2.24, 2.45) is 0 Å². The third-order valence-corrected chi connectivity index (χ3v) is 2.64. The van der Waals surface area contributed by atoms with Crippen molar-refractivity contribution in [1.29, 1.82) is 0 Å². The Balaban J connectivity index is 3.48. The van der Waals surface area contributed by atoms with E-state index in [4.69, 9.17) is 5.11 Å². The number of nitrogens with zero attached hydrogens (tertiary/aromatic N) is 1. The van der Waals surface area contributed by atoms with Crippen molar-refractivity contribution in [2.45, 2.75) is 33.2 Å². The summed E-state index contributed by atoms with van der Waals surface area (Å²) in [6.07, 6.45) is 2.78. The average molecular weight is 228 g/mol. The van der Waals surface area contributed by atoms with Crippen molar-refractivity contribution in [2.75, 3.05) is 26.7 Å². The van der Waals surface area contributed by atoms with Gasteiger partial charge in [-0.05, 0) is 47.3 Å². The number of carboxylic acids is 1. The molecule has 0 rings (SSSR count). The highest BCUT2D eigenvalue weighted by atomic mass is 16.4. The van der Waals surface area contributed by atoms with Crippen LogP contribution in [0.2, 0.25) is 0 Å². The van der Waals surface area contributed by atoms with Gasteiger partial charge in [-0.1, -0.05) is 6.08 Å². The van der Waals surface area contributed by atoms with Crippen LogP contribution in [0.5, 0.6) is 0 Å². The summed E-state index contributed by atoms with van der Waals surface area (Å²) in [7, 11) is 2.11. The van der Waals surface area contributed by atoms with Gasteiger partial charge in [-0.15, -0.1) is 0 Å². The molecule has 0 saturated heterocycles. The summed E-state index contributed by atoms with van der Waals surface area (Å²) in [6.45, 7) is 8.56. The van der Waals surface area contributed by atoms with E-state index >= 15 is 0 Å². The van der Waals surface area contributed by atoms with Crippen molar-refractivity contribution >= 4 is 5.97 Å². The SMILES string of the molecule is C/C(=C/CNCCCN(C)C(C)C)C(=O)O. The first-order valence-electron chi connectivity index (χ1n) is 5.76. The molecule has 0 bridgehead atoms. The van der Waals surface area contributed by atoms with E-state index in [9.17, 15) is 4.79 Å². The van der Waals surface area contributed by atoms with Crippen molar-refractivity contribution < 1.29 is 9.90 Å². The predicted octanol–water partition coefficient (Wildman–Crippen LogP) is 1.34. The first kappa shape index (κ1) is 15.1. The fraction of sp³-hybridized carbons (Fsp3) is 0.750. The van der Waals surface area contributed by atoms with E-state index in [1.807, 2.05) is 0 Å². The normalized spacial score (nSPS) is 12.5. The van der Waals surface area contributed by atoms with Crippen LogP contribution in [-0.4, -0.2) is 48.7 Å². The van der Waals surface area contributed by atoms with Gasteiger partial charge >= 0.3 is 5.97 Å². The lowest BCUT2D eigenvalue weighted by molar-refractivity contribution is -0.132. The Labute approximate surface area is 98.3 Å². The molecule has 0 spiro atoms. The number of hydrogen-bond donors (Lipinski definition) is 2. The van der Waals surface area contributed by atoms with Crippen molar-refractivity contribution in [3.63, 3.8) is 0 Å². The van der Waals surface area contributed by atoms with Gasteiger partial charge in [0.05, 0.1) is 0 Å². The van der Waals surface area contributed by atoms with Crippen LogP contribution in [0.25, 0.3) is 0 Å². The molecular formula is C12H24N2O2. The smallest absolute Gasteiger partial charge is 0.330 e. The van der Waals surface area contributed by atoms with E-state index in [1.54, 1.807) is 13.0 Å². The molecule has 0 amide bonds. The van der Waals surface area contributed by atoms with E-state index < -0.39 is 5.97 Å². The zero-order valence-electron chi connectivity index (χ0n) is 10.8. The van der Waals surface area contributed by atoms with Crippen LogP contribution in [0.1, 0.15) is 27.2 Å². The van der Waals surface area contributed by atoms with Gasteiger partial charge in [0.2, 0.25) is 0 Å². The minimum absolute atomic E-state index is 0.395. The van der Waals surface area contributed by atoms with Crippen molar-refractivity contribution in [3.8, 4) is 0 Å². The van der Waals surface area contributed by atoms with Gasteiger partial charge in [-0.25, -0.2) is 4.79 Å². The highest BCUT2D eigenvalue weighted by molar-refractivity contribution is 5.85. The number of aliphatic carboxylic acids is 1. The lowest BCUT2D eigenvalue weighted by Crippen LogP contribution is -2.29. The molecule has 0 aromatic heterocycles. The van der Waals surface area contributed by atoms with E-state index in [1.165, 1.54) is 0 Å². The second kappa shape index (κ2) is 8.30. The van der Waals surface area contributed by atoms with Gasteiger partial charge in [0.1, 0.15) is 0 Å². The minimum atomic E-state index is -0.846. The molecule has 0 aliphatic heterocycles. The quantitative estimate of drug-likeness (QED) is 0.486. The molecule has 0 aliphatic rings. The molecule has 4 nitrogen and oxygen atoms in total. The number of rotatable bonds is 8. The standard InChI is InChI=1S/C12H24N2O2/c1-10(2)14(4)9-5-7-13-8-6-11(3)12(15)16/h6,10,13H,5,7-9H2,1-4H3,(H,15,16)/b11-6-. The molecule has 4 heteroatoms. The van der Waals surface area contributed by atoms with Crippen molar-refractivity contribution in [3.05, 3.63) is 11.6 Å². The van der Waals surface area contributed by atoms with E-state index in [0.717, 1.165) is 19.5 Å². The van der Waals surface area contributed by atoms with Gasteiger partial charge in [-0.2, -0.15) is 0 Å². The zero-order chi connectivity index (χ0) is 12.6. The number of nitrogens with one attached hydrogen (secondary N) is 1. The molecule has 0 aromatic carbocycles. The summed E-state index contributed by atoms with van der Waals surface area (Å²) in [5.41, 5.74) is 0.395. The second-order valence-corrected chi connectivity index (χ2v) is 4.32. The lowest BCUT2D eigenvalue weighted by atomic mass is 10.3. The van der Waals surface area contributed by atoms with Gasteiger partial charge in [0.15, 0.2) is 0 Å². The van der Waals surface area contributed by atoms with Crippen LogP contribution in [0.15, 0.2) is 11.6 Å². The Morgan fingerprint density at radius 2 is 2.12 bits per heavy atom. The summed E-state index contributed by atoms with van der Waals surface area (Å²) in [5.74, 6) is -0.846. The molecule has 0 heterocycles. The fourth-order valence-electron chi connectivity index (χ4n) is 1.13. The van der Waals surface area contributed by atoms with E-state index in [0.29, 0.717) is 18.2 Å². The summed E-state index contributed by atoms with van der Waals surface area (Å²) >= 11 is 0. The van der Waals surface area contributed by atoms with Gasteiger partial charge in [-0.3, -0.25) is 0 Å². The summed E-state index contributed by atoms with van der Waals surface area (Å²) in [4.78, 5) is 12.8. The zero-order valence-corrected chi connectivity index (χ0v) is 10.8. The van der Waals surface area contributed by atoms with Crippen LogP contribution >= 0.6 is 0 Å². The molecule has 94 valence electrons. The Bertz CT molecular complexity index is 237. The Kier molecular flexibility index (Phi) is 7.85. The third-order valence-electron chi connectivity index (χ3n) is 2.64. The molecule has 0 fully saturated rings. The lowest BCUT2D eigenvalue weighted by Gasteiger charge is -2.20. The molecule has 0 saturated carbocycles. The van der Waals surface area contributed by atoms with E-state index in [-0.39, 0.29) is 0 Å². The van der Waals surface area contributed by atoms with Crippen LogP contribution in [0, 0.1) is 0 Å². The first-order chi connectivity index (χ1) is 7.45. The van der Waals surface area contributed by atoms with Crippen LogP contribution in [-0.2, 0) is 4.79 Å². The summed E-state index contributed by atoms with van der Waals surface area (Å²) in [5, 5.41) is 11.8. The fourth-order valence-corrected chi connectivity index (χ4v) is 1.13. The largest absolute Gasteiger partial charge is 0.478 e. The molecule has 0 aliphatic carbocycles. The summed E-state index contributed by atoms with van der Waals surface area (Å²) < 4.78 is 0. The Hall–Kier alpha value is -0.870. The first-order valence-corrected chi connectivity index (χ1v) is 5.76. The predicted molar refractivity (Wildman–Crippen MR) is 66.6 cm³/mol. The maximum Gasteiger partial charge on any atom is 0.330 e. The second-order valence-electron chi connectivity index (χ2n) is 4.32. The van der Waals surface area contributed by atoms with E-state index in [2.05, 4.69) is 31.1 Å².